The number of hydrogen-bond acceptors (Lipinski definition) is 4. The van der Waals surface area contributed by atoms with Gasteiger partial charge in [-0.25, -0.2) is 9.37 Å². The zero-order valence-corrected chi connectivity index (χ0v) is 16.7. The molecule has 4 rings (SSSR count). The summed E-state index contributed by atoms with van der Waals surface area (Å²) in [7, 11) is 0. The molecule has 0 radical (unpaired) electrons. The van der Waals surface area contributed by atoms with Crippen LogP contribution >= 0.6 is 15.9 Å². The van der Waals surface area contributed by atoms with Crippen molar-refractivity contribution in [3.8, 4) is 0 Å². The third kappa shape index (κ3) is 4.31. The van der Waals surface area contributed by atoms with Crippen LogP contribution in [0, 0.1) is 11.7 Å². The van der Waals surface area contributed by atoms with Gasteiger partial charge in [0.05, 0.1) is 13.2 Å². The second-order valence-corrected chi connectivity index (χ2v) is 8.24. The number of nitrogens with one attached hydrogen (secondary N) is 1. The zero-order chi connectivity index (χ0) is 18.8. The predicted octanol–water partition coefficient (Wildman–Crippen LogP) is 3.97. The molecule has 0 bridgehead atoms. The molecule has 2 aromatic rings. The molecule has 1 aromatic carbocycles. The maximum atomic E-state index is 14.0. The van der Waals surface area contributed by atoms with E-state index in [0.717, 1.165) is 52.0 Å². The third-order valence-corrected chi connectivity index (χ3v) is 6.09. The van der Waals surface area contributed by atoms with Gasteiger partial charge in [0.25, 0.3) is 0 Å². The van der Waals surface area contributed by atoms with Crippen LogP contribution in [0.15, 0.2) is 28.9 Å². The first-order chi connectivity index (χ1) is 13.1. The van der Waals surface area contributed by atoms with E-state index in [1.54, 1.807) is 6.07 Å². The summed E-state index contributed by atoms with van der Waals surface area (Å²) in [4.78, 5) is 19.4. The first-order valence-corrected chi connectivity index (χ1v) is 10.3. The molecule has 1 N–H and O–H groups in total. The number of benzene rings is 1. The Hall–Kier alpha value is -1.57. The number of halogens is 2. The Morgan fingerprint density at radius 3 is 2.67 bits per heavy atom. The van der Waals surface area contributed by atoms with E-state index in [4.69, 9.17) is 4.74 Å². The van der Waals surface area contributed by atoms with E-state index in [1.807, 2.05) is 6.07 Å². The van der Waals surface area contributed by atoms with E-state index >= 15 is 0 Å². The van der Waals surface area contributed by atoms with Crippen molar-refractivity contribution < 1.29 is 13.9 Å². The van der Waals surface area contributed by atoms with Gasteiger partial charge in [-0.2, -0.15) is 0 Å². The van der Waals surface area contributed by atoms with Gasteiger partial charge >= 0.3 is 0 Å². The van der Waals surface area contributed by atoms with Gasteiger partial charge in [-0.3, -0.25) is 9.69 Å². The van der Waals surface area contributed by atoms with Crippen molar-refractivity contribution >= 4 is 38.4 Å². The Morgan fingerprint density at radius 2 is 1.93 bits per heavy atom. The lowest BCUT2D eigenvalue weighted by Gasteiger charge is -2.38. The lowest BCUT2D eigenvalue weighted by molar-refractivity contribution is -0.121. The molecule has 1 aromatic heterocycles. The molecule has 1 saturated heterocycles. The number of rotatable bonds is 3. The Kier molecular flexibility index (Phi) is 5.71. The van der Waals surface area contributed by atoms with E-state index in [2.05, 4.69) is 31.1 Å². The molecule has 7 heteroatoms. The quantitative estimate of drug-likeness (QED) is 0.792. The highest BCUT2D eigenvalue weighted by molar-refractivity contribution is 9.10. The number of ether oxygens (including phenoxy) is 1. The molecule has 0 unspecified atom stereocenters. The molecule has 1 aliphatic heterocycles. The van der Waals surface area contributed by atoms with Crippen molar-refractivity contribution in [2.45, 2.75) is 31.7 Å². The fraction of sp³-hybridized carbons (Fsp3) is 0.500. The van der Waals surface area contributed by atoms with Crippen LogP contribution in [0.4, 0.5) is 10.2 Å². The Balaban J connectivity index is 1.37. The minimum atomic E-state index is -0.328. The summed E-state index contributed by atoms with van der Waals surface area (Å²) in [5, 5.41) is 4.07. The highest BCUT2D eigenvalue weighted by atomic mass is 79.9. The highest BCUT2D eigenvalue weighted by Gasteiger charge is 2.30. The van der Waals surface area contributed by atoms with Crippen LogP contribution in [-0.4, -0.2) is 48.1 Å². The fourth-order valence-corrected chi connectivity index (χ4v) is 4.57. The van der Waals surface area contributed by atoms with E-state index in [9.17, 15) is 9.18 Å². The van der Waals surface area contributed by atoms with Gasteiger partial charge in [-0.15, -0.1) is 0 Å². The lowest BCUT2D eigenvalue weighted by Crippen LogP contribution is -2.45. The highest BCUT2D eigenvalue weighted by Crippen LogP contribution is 2.30. The topological polar surface area (TPSA) is 54.5 Å². The summed E-state index contributed by atoms with van der Waals surface area (Å²) in [6.07, 6.45) is 5.34. The largest absolute Gasteiger partial charge is 0.379 e. The van der Waals surface area contributed by atoms with E-state index in [0.29, 0.717) is 27.1 Å². The summed E-state index contributed by atoms with van der Waals surface area (Å²) in [5.41, 5.74) is 0. The average molecular weight is 436 g/mol. The van der Waals surface area contributed by atoms with Gasteiger partial charge in [0.2, 0.25) is 5.91 Å². The van der Waals surface area contributed by atoms with E-state index in [1.165, 1.54) is 12.3 Å². The zero-order valence-electron chi connectivity index (χ0n) is 15.1. The normalized spacial score (nSPS) is 24.1. The number of fused-ring (bicyclic) bond motifs is 1. The molecule has 0 spiro atoms. The van der Waals surface area contributed by atoms with Gasteiger partial charge < -0.3 is 10.1 Å². The number of hydrogen-bond donors (Lipinski definition) is 1. The number of carbonyl (C=O) groups is 1. The molecular weight excluding hydrogens is 413 g/mol. The fourth-order valence-electron chi connectivity index (χ4n) is 4.12. The minimum Gasteiger partial charge on any atom is -0.379 e. The number of carbonyl (C=O) groups excluding carboxylic acids is 1. The lowest BCUT2D eigenvalue weighted by atomic mass is 9.84. The van der Waals surface area contributed by atoms with Crippen LogP contribution in [0.1, 0.15) is 25.7 Å². The van der Waals surface area contributed by atoms with Gasteiger partial charge in [0.15, 0.2) is 0 Å². The van der Waals surface area contributed by atoms with Crippen molar-refractivity contribution in [3.63, 3.8) is 0 Å². The van der Waals surface area contributed by atoms with Crippen molar-refractivity contribution in [1.29, 1.82) is 0 Å². The molecule has 0 atom stereocenters. The Morgan fingerprint density at radius 1 is 1.19 bits per heavy atom. The summed E-state index contributed by atoms with van der Waals surface area (Å²) < 4.78 is 20.0. The van der Waals surface area contributed by atoms with Crippen molar-refractivity contribution in [1.82, 2.24) is 9.88 Å². The van der Waals surface area contributed by atoms with Crippen LogP contribution in [0.2, 0.25) is 0 Å². The number of aromatic nitrogens is 1. The standard InChI is InChI=1S/C20H23BrFN3O2/c21-15-9-14-10-19(23-12-17(14)18(22)11-15)24-20(26)13-1-3-16(4-2-13)25-5-7-27-8-6-25/h9-13,16H,1-8H2,(H,23,24,26)/t13-,16-. The molecule has 1 aliphatic carbocycles. The SMILES string of the molecule is O=C(Nc1cc2cc(Br)cc(F)c2cn1)[C@H]1CC[C@H](N2CCOCC2)CC1. The van der Waals surface area contributed by atoms with Gasteiger partial charge in [-0.1, -0.05) is 15.9 Å². The van der Waals surface area contributed by atoms with Crippen LogP contribution in [0.5, 0.6) is 0 Å². The van der Waals surface area contributed by atoms with Crippen LogP contribution in [0.25, 0.3) is 10.8 Å². The molecule has 1 saturated carbocycles. The Labute approximate surface area is 166 Å². The molecule has 2 fully saturated rings. The van der Waals surface area contributed by atoms with Crippen molar-refractivity contribution in [2.75, 3.05) is 31.6 Å². The Bertz CT molecular complexity index is 833. The van der Waals surface area contributed by atoms with Crippen LogP contribution < -0.4 is 5.32 Å². The number of morpholine rings is 1. The maximum absolute atomic E-state index is 14.0. The minimum absolute atomic E-state index is 0.0118. The summed E-state index contributed by atoms with van der Waals surface area (Å²) >= 11 is 3.30. The van der Waals surface area contributed by atoms with Crippen LogP contribution in [-0.2, 0) is 9.53 Å². The number of pyridine rings is 1. The molecular formula is C20H23BrFN3O2. The molecule has 2 heterocycles. The predicted molar refractivity (Wildman–Crippen MR) is 106 cm³/mol. The number of nitrogens with zero attached hydrogens (tertiary/aromatic N) is 2. The summed E-state index contributed by atoms with van der Waals surface area (Å²) in [6.45, 7) is 3.61. The molecule has 1 amide bonds. The maximum Gasteiger partial charge on any atom is 0.228 e. The van der Waals surface area contributed by atoms with Gasteiger partial charge in [0, 0.05) is 41.1 Å². The summed E-state index contributed by atoms with van der Waals surface area (Å²) in [5.74, 6) is 0.170. The molecule has 27 heavy (non-hydrogen) atoms. The average Bonchev–Trinajstić information content (AvgIpc) is 2.68. The number of amides is 1. The van der Waals surface area contributed by atoms with E-state index in [-0.39, 0.29) is 17.6 Å². The van der Waals surface area contributed by atoms with Crippen molar-refractivity contribution in [2.24, 2.45) is 5.92 Å². The van der Waals surface area contributed by atoms with Crippen LogP contribution in [0.3, 0.4) is 0 Å². The second kappa shape index (κ2) is 8.20. The monoisotopic (exact) mass is 435 g/mol. The number of anilines is 1. The van der Waals surface area contributed by atoms with E-state index < -0.39 is 0 Å². The first kappa shape index (κ1) is 18.8. The molecule has 2 aliphatic rings. The summed E-state index contributed by atoms with van der Waals surface area (Å²) in [6, 6.07) is 5.52. The molecule has 5 nitrogen and oxygen atoms in total. The third-order valence-electron chi connectivity index (χ3n) is 5.63. The smallest absolute Gasteiger partial charge is 0.228 e. The first-order valence-electron chi connectivity index (χ1n) is 9.47. The van der Waals surface area contributed by atoms with Gasteiger partial charge in [-0.05, 0) is 49.3 Å². The molecule has 144 valence electrons. The second-order valence-electron chi connectivity index (χ2n) is 7.32. The van der Waals surface area contributed by atoms with Crippen molar-refractivity contribution in [3.05, 3.63) is 34.7 Å². The van der Waals surface area contributed by atoms with Gasteiger partial charge in [0.1, 0.15) is 11.6 Å².